The first-order valence-electron chi connectivity index (χ1n) is 7.89. The number of halogens is 3. The molecule has 1 amide bonds. The topological polar surface area (TPSA) is 60.5 Å². The van der Waals surface area contributed by atoms with Crippen molar-refractivity contribution in [3.8, 4) is 5.88 Å². The van der Waals surface area contributed by atoms with Crippen LogP contribution >= 0.6 is 0 Å². The van der Waals surface area contributed by atoms with Gasteiger partial charge in [0, 0.05) is 25.2 Å². The second kappa shape index (κ2) is 6.58. The number of ether oxygens (including phenoxy) is 2. The van der Waals surface area contributed by atoms with Crippen LogP contribution in [0.1, 0.15) is 25.0 Å². The van der Waals surface area contributed by atoms with Gasteiger partial charge in [-0.1, -0.05) is 6.07 Å². The van der Waals surface area contributed by atoms with Crippen LogP contribution in [0.15, 0.2) is 18.2 Å². The zero-order chi connectivity index (χ0) is 17.2. The molecule has 2 fully saturated rings. The van der Waals surface area contributed by atoms with E-state index >= 15 is 0 Å². The van der Waals surface area contributed by atoms with Crippen LogP contribution in [0.2, 0.25) is 0 Å². The summed E-state index contributed by atoms with van der Waals surface area (Å²) in [6.07, 6.45) is -1.71. The molecule has 1 N–H and O–H groups in total. The Morgan fingerprint density at radius 3 is 2.83 bits per heavy atom. The number of nitrogens with one attached hydrogen (secondary N) is 1. The molecule has 2 aliphatic rings. The van der Waals surface area contributed by atoms with Crippen molar-refractivity contribution in [1.82, 2.24) is 10.3 Å². The van der Waals surface area contributed by atoms with Crippen molar-refractivity contribution in [1.29, 1.82) is 0 Å². The zero-order valence-corrected chi connectivity index (χ0v) is 13.1. The van der Waals surface area contributed by atoms with Gasteiger partial charge in [0.05, 0.1) is 12.2 Å². The third-order valence-corrected chi connectivity index (χ3v) is 4.60. The average Bonchev–Trinajstić information content (AvgIpc) is 3.24. The molecule has 2 heterocycles. The van der Waals surface area contributed by atoms with Crippen molar-refractivity contribution in [3.05, 3.63) is 23.9 Å². The maximum atomic E-state index is 12.2. The summed E-state index contributed by atoms with van der Waals surface area (Å²) in [5.41, 5.74) is 0.553. The number of nitrogens with zero attached hydrogens (tertiary/aromatic N) is 1. The van der Waals surface area contributed by atoms with Gasteiger partial charge in [0.2, 0.25) is 11.8 Å². The standard InChI is InChI=1S/C16H19F3N2O3/c17-16(18,19)10-24-13-3-1-2-11(21-13)9-20-14(22)12-8-15(12)4-6-23-7-5-15/h1-3,12H,4-10H2,(H,20,22). The lowest BCUT2D eigenvalue weighted by Gasteiger charge is -2.22. The lowest BCUT2D eigenvalue weighted by Crippen LogP contribution is -2.29. The fourth-order valence-corrected chi connectivity index (χ4v) is 3.14. The second-order valence-corrected chi connectivity index (χ2v) is 6.32. The number of amides is 1. The Hall–Kier alpha value is -1.83. The van der Waals surface area contributed by atoms with Crippen LogP contribution < -0.4 is 10.1 Å². The third kappa shape index (κ3) is 4.17. The minimum Gasteiger partial charge on any atom is -0.468 e. The van der Waals surface area contributed by atoms with Gasteiger partial charge in [-0.25, -0.2) is 4.98 Å². The van der Waals surface area contributed by atoms with Crippen LogP contribution in [0, 0.1) is 11.3 Å². The Bertz CT molecular complexity index is 600. The number of pyridine rings is 1. The van der Waals surface area contributed by atoms with Gasteiger partial charge >= 0.3 is 6.18 Å². The monoisotopic (exact) mass is 344 g/mol. The molecule has 1 atom stereocenters. The van der Waals surface area contributed by atoms with E-state index < -0.39 is 12.8 Å². The van der Waals surface area contributed by atoms with E-state index in [0.29, 0.717) is 18.9 Å². The molecule has 132 valence electrons. The largest absolute Gasteiger partial charge is 0.468 e. The molecule has 1 spiro atoms. The molecular formula is C16H19F3N2O3. The zero-order valence-electron chi connectivity index (χ0n) is 13.1. The van der Waals surface area contributed by atoms with Gasteiger partial charge in [-0.05, 0) is 30.7 Å². The molecular weight excluding hydrogens is 325 g/mol. The van der Waals surface area contributed by atoms with E-state index in [4.69, 9.17) is 4.74 Å². The fraction of sp³-hybridized carbons (Fsp3) is 0.625. The van der Waals surface area contributed by atoms with Crippen molar-refractivity contribution < 1.29 is 27.4 Å². The predicted octanol–water partition coefficient (Wildman–Crippen LogP) is 2.46. The first-order chi connectivity index (χ1) is 11.4. The highest BCUT2D eigenvalue weighted by Crippen LogP contribution is 2.59. The van der Waals surface area contributed by atoms with Crippen LogP contribution in [0.3, 0.4) is 0 Å². The summed E-state index contributed by atoms with van der Waals surface area (Å²) in [5, 5.41) is 2.81. The Kier molecular flexibility index (Phi) is 4.67. The average molecular weight is 344 g/mol. The highest BCUT2D eigenvalue weighted by molar-refractivity contribution is 5.82. The maximum Gasteiger partial charge on any atom is 0.422 e. The number of carbonyl (C=O) groups is 1. The predicted molar refractivity (Wildman–Crippen MR) is 78.2 cm³/mol. The van der Waals surface area contributed by atoms with Crippen LogP contribution in [0.25, 0.3) is 0 Å². The van der Waals surface area contributed by atoms with Crippen molar-refractivity contribution >= 4 is 5.91 Å². The van der Waals surface area contributed by atoms with Gasteiger partial charge in [-0.3, -0.25) is 4.79 Å². The molecule has 1 aromatic rings. The van der Waals surface area contributed by atoms with E-state index in [2.05, 4.69) is 15.0 Å². The van der Waals surface area contributed by atoms with Crippen molar-refractivity contribution in [2.75, 3.05) is 19.8 Å². The van der Waals surface area contributed by atoms with Gasteiger partial charge in [0.15, 0.2) is 6.61 Å². The molecule has 1 saturated carbocycles. The van der Waals surface area contributed by atoms with E-state index in [0.717, 1.165) is 19.3 Å². The molecule has 1 saturated heterocycles. The SMILES string of the molecule is O=C(NCc1cccc(OCC(F)(F)F)n1)C1CC12CCOCC2. The van der Waals surface area contributed by atoms with Crippen LogP contribution in [0.4, 0.5) is 13.2 Å². The summed E-state index contributed by atoms with van der Waals surface area (Å²) < 4.78 is 46.4. The van der Waals surface area contributed by atoms with E-state index in [-0.39, 0.29) is 29.7 Å². The molecule has 0 radical (unpaired) electrons. The number of hydrogen-bond acceptors (Lipinski definition) is 4. The van der Waals surface area contributed by atoms with E-state index in [9.17, 15) is 18.0 Å². The third-order valence-electron chi connectivity index (χ3n) is 4.60. The van der Waals surface area contributed by atoms with Crippen LogP contribution in [-0.2, 0) is 16.1 Å². The number of hydrogen-bond donors (Lipinski definition) is 1. The van der Waals surface area contributed by atoms with E-state index in [1.54, 1.807) is 12.1 Å². The summed E-state index contributed by atoms with van der Waals surface area (Å²) in [6, 6.07) is 4.55. The van der Waals surface area contributed by atoms with Crippen molar-refractivity contribution in [2.45, 2.75) is 32.0 Å². The lowest BCUT2D eigenvalue weighted by molar-refractivity contribution is -0.154. The molecule has 3 rings (SSSR count). The number of rotatable bonds is 5. The molecule has 1 aliphatic heterocycles. The quantitative estimate of drug-likeness (QED) is 0.891. The van der Waals surface area contributed by atoms with Crippen molar-refractivity contribution in [3.63, 3.8) is 0 Å². The minimum absolute atomic E-state index is 0.00561. The maximum absolute atomic E-state index is 12.2. The number of alkyl halides is 3. The van der Waals surface area contributed by atoms with E-state index in [1.165, 1.54) is 6.07 Å². The fourth-order valence-electron chi connectivity index (χ4n) is 3.14. The smallest absolute Gasteiger partial charge is 0.422 e. The minimum atomic E-state index is -4.41. The number of carbonyl (C=O) groups excluding carboxylic acids is 1. The molecule has 1 aliphatic carbocycles. The van der Waals surface area contributed by atoms with Gasteiger partial charge in [0.25, 0.3) is 0 Å². The molecule has 0 bridgehead atoms. The van der Waals surface area contributed by atoms with Gasteiger partial charge in [-0.15, -0.1) is 0 Å². The Morgan fingerprint density at radius 1 is 1.38 bits per heavy atom. The molecule has 24 heavy (non-hydrogen) atoms. The second-order valence-electron chi connectivity index (χ2n) is 6.32. The van der Waals surface area contributed by atoms with Crippen molar-refractivity contribution in [2.24, 2.45) is 11.3 Å². The lowest BCUT2D eigenvalue weighted by atomic mass is 9.93. The summed E-state index contributed by atoms with van der Waals surface area (Å²) in [4.78, 5) is 16.2. The Labute approximate surface area is 137 Å². The first kappa shape index (κ1) is 17.0. The summed E-state index contributed by atoms with van der Waals surface area (Å²) >= 11 is 0. The highest BCUT2D eigenvalue weighted by atomic mass is 19.4. The van der Waals surface area contributed by atoms with Gasteiger partial charge in [-0.2, -0.15) is 13.2 Å². The molecule has 1 aromatic heterocycles. The normalized spacial score (nSPS) is 22.2. The molecule has 5 nitrogen and oxygen atoms in total. The number of aromatic nitrogens is 1. The summed E-state index contributed by atoms with van der Waals surface area (Å²) in [6.45, 7) is 0.182. The summed E-state index contributed by atoms with van der Waals surface area (Å²) in [5.74, 6) is -0.127. The molecule has 8 heteroatoms. The first-order valence-corrected chi connectivity index (χ1v) is 7.89. The van der Waals surface area contributed by atoms with Gasteiger partial charge < -0.3 is 14.8 Å². The Morgan fingerprint density at radius 2 is 2.12 bits per heavy atom. The van der Waals surface area contributed by atoms with E-state index in [1.807, 2.05) is 0 Å². The molecule has 0 aromatic carbocycles. The summed E-state index contributed by atoms with van der Waals surface area (Å²) in [7, 11) is 0. The van der Waals surface area contributed by atoms with Crippen LogP contribution in [0.5, 0.6) is 5.88 Å². The Balaban J connectivity index is 1.49. The van der Waals surface area contributed by atoms with Gasteiger partial charge in [0.1, 0.15) is 0 Å². The van der Waals surface area contributed by atoms with Crippen LogP contribution in [-0.4, -0.2) is 36.9 Å². The highest BCUT2D eigenvalue weighted by Gasteiger charge is 2.57. The molecule has 1 unspecified atom stereocenters.